The normalized spacial score (nSPS) is 13.6. The molecular formula is C20H21N3O3. The molecule has 0 radical (unpaired) electrons. The molecule has 0 unspecified atom stereocenters. The van der Waals surface area contributed by atoms with E-state index in [0.29, 0.717) is 23.4 Å². The van der Waals surface area contributed by atoms with Crippen LogP contribution < -0.4 is 10.6 Å². The minimum atomic E-state index is -0.603. The number of hydrogen-bond acceptors (Lipinski definition) is 3. The molecule has 2 aromatic carbocycles. The largest absolute Gasteiger partial charge is 0.334 e. The zero-order valence-electron chi connectivity index (χ0n) is 15.0. The molecular weight excluding hydrogens is 330 g/mol. The molecule has 0 atom stereocenters. The number of urea groups is 1. The molecule has 0 fully saturated rings. The van der Waals surface area contributed by atoms with Gasteiger partial charge < -0.3 is 10.6 Å². The first-order valence-electron chi connectivity index (χ1n) is 8.39. The number of hydrogen-bond donors (Lipinski definition) is 2. The van der Waals surface area contributed by atoms with Gasteiger partial charge in [-0.1, -0.05) is 30.3 Å². The van der Waals surface area contributed by atoms with Crippen LogP contribution in [0.25, 0.3) is 0 Å². The number of nitrogens with zero attached hydrogens (tertiary/aromatic N) is 1. The number of rotatable bonds is 3. The summed E-state index contributed by atoms with van der Waals surface area (Å²) in [5, 5.41) is 5.45. The quantitative estimate of drug-likeness (QED) is 0.832. The molecule has 134 valence electrons. The average Bonchev–Trinajstić information content (AvgIpc) is 2.84. The van der Waals surface area contributed by atoms with Gasteiger partial charge in [0, 0.05) is 17.8 Å². The summed E-state index contributed by atoms with van der Waals surface area (Å²) in [6, 6.07) is 13.9. The summed E-state index contributed by atoms with van der Waals surface area (Å²) >= 11 is 0. The number of carbonyl (C=O) groups is 3. The minimum Gasteiger partial charge on any atom is -0.334 e. The maximum Gasteiger partial charge on any atom is 0.319 e. The maximum absolute atomic E-state index is 12.6. The lowest BCUT2D eigenvalue weighted by atomic mass is 10.1. The molecule has 1 heterocycles. The van der Waals surface area contributed by atoms with Gasteiger partial charge in [-0.3, -0.25) is 14.5 Å². The molecule has 4 amide bonds. The molecule has 0 aliphatic carbocycles. The predicted molar refractivity (Wildman–Crippen MR) is 99.0 cm³/mol. The summed E-state index contributed by atoms with van der Waals surface area (Å²) in [5.41, 5.74) is 1.52. The van der Waals surface area contributed by atoms with Crippen molar-refractivity contribution in [3.05, 3.63) is 65.2 Å². The molecule has 0 aromatic heterocycles. The van der Waals surface area contributed by atoms with Crippen LogP contribution in [0.2, 0.25) is 0 Å². The molecule has 2 N–H and O–H groups in total. The molecule has 3 rings (SSSR count). The second-order valence-corrected chi connectivity index (χ2v) is 7.17. The fourth-order valence-corrected chi connectivity index (χ4v) is 2.88. The highest BCUT2D eigenvalue weighted by atomic mass is 16.2. The number of amides is 4. The Hall–Kier alpha value is -3.15. The minimum absolute atomic E-state index is 0.308. The van der Waals surface area contributed by atoms with Gasteiger partial charge in [-0.2, -0.15) is 0 Å². The first-order valence-corrected chi connectivity index (χ1v) is 8.39. The summed E-state index contributed by atoms with van der Waals surface area (Å²) in [7, 11) is 0. The van der Waals surface area contributed by atoms with E-state index in [2.05, 4.69) is 10.6 Å². The SMILES string of the molecule is CC(C)(C)N1C(=O)c2ccc(NC(=O)NCc3ccccc3)cc2C1=O. The van der Waals surface area contributed by atoms with Crippen molar-refractivity contribution in [3.63, 3.8) is 0 Å². The van der Waals surface area contributed by atoms with Gasteiger partial charge in [0.05, 0.1) is 11.1 Å². The van der Waals surface area contributed by atoms with Crippen LogP contribution in [0.15, 0.2) is 48.5 Å². The Labute approximate surface area is 152 Å². The van der Waals surface area contributed by atoms with E-state index in [1.165, 1.54) is 4.90 Å². The standard InChI is InChI=1S/C20H21N3O3/c1-20(2,3)23-17(24)15-10-9-14(11-16(15)18(23)25)22-19(26)21-12-13-7-5-4-6-8-13/h4-11H,12H2,1-3H3,(H2,21,22,26). The molecule has 26 heavy (non-hydrogen) atoms. The summed E-state index contributed by atoms with van der Waals surface area (Å²) in [6.45, 7) is 5.83. The summed E-state index contributed by atoms with van der Waals surface area (Å²) in [4.78, 5) is 38.3. The Kier molecular flexibility index (Phi) is 4.50. The number of fused-ring (bicyclic) bond motifs is 1. The Morgan fingerprint density at radius 3 is 2.27 bits per heavy atom. The van der Waals surface area contributed by atoms with Crippen molar-refractivity contribution < 1.29 is 14.4 Å². The van der Waals surface area contributed by atoms with E-state index in [1.54, 1.807) is 18.2 Å². The van der Waals surface area contributed by atoms with Crippen molar-refractivity contribution >= 4 is 23.5 Å². The number of imide groups is 1. The van der Waals surface area contributed by atoms with Crippen LogP contribution >= 0.6 is 0 Å². The van der Waals surface area contributed by atoms with E-state index < -0.39 is 5.54 Å². The van der Waals surface area contributed by atoms with Gasteiger partial charge in [0.25, 0.3) is 11.8 Å². The highest BCUT2D eigenvalue weighted by molar-refractivity contribution is 6.22. The van der Waals surface area contributed by atoms with Crippen molar-refractivity contribution in [1.82, 2.24) is 10.2 Å². The van der Waals surface area contributed by atoms with Gasteiger partial charge >= 0.3 is 6.03 Å². The number of benzene rings is 2. The van der Waals surface area contributed by atoms with Gasteiger partial charge in [-0.15, -0.1) is 0 Å². The zero-order valence-corrected chi connectivity index (χ0v) is 15.0. The molecule has 0 bridgehead atoms. The van der Waals surface area contributed by atoms with Crippen LogP contribution in [0.1, 0.15) is 47.1 Å². The predicted octanol–water partition coefficient (Wildman–Crippen LogP) is 3.40. The van der Waals surface area contributed by atoms with Crippen LogP contribution in [0.5, 0.6) is 0 Å². The zero-order chi connectivity index (χ0) is 18.9. The topological polar surface area (TPSA) is 78.5 Å². The Balaban J connectivity index is 1.71. The van der Waals surface area contributed by atoms with Crippen molar-refractivity contribution in [3.8, 4) is 0 Å². The van der Waals surface area contributed by atoms with Crippen LogP contribution in [-0.4, -0.2) is 28.3 Å². The van der Waals surface area contributed by atoms with Crippen LogP contribution in [0.4, 0.5) is 10.5 Å². The van der Waals surface area contributed by atoms with Crippen LogP contribution in [-0.2, 0) is 6.54 Å². The fraction of sp³-hybridized carbons (Fsp3) is 0.250. The third kappa shape index (κ3) is 3.44. The van der Waals surface area contributed by atoms with Crippen molar-refractivity contribution in [2.45, 2.75) is 32.9 Å². The molecule has 0 spiro atoms. The molecule has 6 heteroatoms. The van der Waals surface area contributed by atoms with Crippen LogP contribution in [0.3, 0.4) is 0 Å². The van der Waals surface area contributed by atoms with E-state index in [-0.39, 0.29) is 17.8 Å². The highest BCUT2D eigenvalue weighted by Gasteiger charge is 2.41. The number of anilines is 1. The van der Waals surface area contributed by atoms with Gasteiger partial charge in [0.2, 0.25) is 0 Å². The number of carbonyl (C=O) groups excluding carboxylic acids is 3. The van der Waals surface area contributed by atoms with E-state index >= 15 is 0 Å². The molecule has 1 aliphatic rings. The number of nitrogens with one attached hydrogen (secondary N) is 2. The highest BCUT2D eigenvalue weighted by Crippen LogP contribution is 2.30. The third-order valence-electron chi connectivity index (χ3n) is 4.11. The van der Waals surface area contributed by atoms with Crippen LogP contribution in [0, 0.1) is 0 Å². The van der Waals surface area contributed by atoms with Gasteiger partial charge in [-0.25, -0.2) is 4.79 Å². The lowest BCUT2D eigenvalue weighted by Crippen LogP contribution is -2.45. The van der Waals surface area contributed by atoms with Crippen molar-refractivity contribution in [1.29, 1.82) is 0 Å². The van der Waals surface area contributed by atoms with E-state index in [0.717, 1.165) is 5.56 Å². The lowest BCUT2D eigenvalue weighted by molar-refractivity contribution is 0.0507. The van der Waals surface area contributed by atoms with E-state index in [9.17, 15) is 14.4 Å². The monoisotopic (exact) mass is 351 g/mol. The first-order chi connectivity index (χ1) is 12.3. The molecule has 6 nitrogen and oxygen atoms in total. The van der Waals surface area contributed by atoms with Crippen molar-refractivity contribution in [2.24, 2.45) is 0 Å². The van der Waals surface area contributed by atoms with Crippen molar-refractivity contribution in [2.75, 3.05) is 5.32 Å². The Morgan fingerprint density at radius 1 is 0.962 bits per heavy atom. The molecule has 0 saturated carbocycles. The summed E-state index contributed by atoms with van der Waals surface area (Å²) < 4.78 is 0. The van der Waals surface area contributed by atoms with E-state index in [4.69, 9.17) is 0 Å². The average molecular weight is 351 g/mol. The Bertz CT molecular complexity index is 870. The fourth-order valence-electron chi connectivity index (χ4n) is 2.88. The first kappa shape index (κ1) is 17.7. The second kappa shape index (κ2) is 6.63. The summed E-state index contributed by atoms with van der Waals surface area (Å²) in [6.07, 6.45) is 0. The van der Waals surface area contributed by atoms with E-state index in [1.807, 2.05) is 51.1 Å². The van der Waals surface area contributed by atoms with Gasteiger partial charge in [0.1, 0.15) is 0 Å². The van der Waals surface area contributed by atoms with Gasteiger partial charge in [-0.05, 0) is 44.5 Å². The molecule has 0 saturated heterocycles. The smallest absolute Gasteiger partial charge is 0.319 e. The lowest BCUT2D eigenvalue weighted by Gasteiger charge is -2.29. The molecule has 2 aromatic rings. The maximum atomic E-state index is 12.6. The Morgan fingerprint density at radius 2 is 1.62 bits per heavy atom. The second-order valence-electron chi connectivity index (χ2n) is 7.17. The molecule has 1 aliphatic heterocycles. The summed E-state index contributed by atoms with van der Waals surface area (Å²) in [5.74, 6) is -0.650. The third-order valence-corrected chi connectivity index (χ3v) is 4.11. The van der Waals surface area contributed by atoms with Gasteiger partial charge in [0.15, 0.2) is 0 Å².